The second-order valence-electron chi connectivity index (χ2n) is 7.66. The molecule has 0 atom stereocenters. The van der Waals surface area contributed by atoms with E-state index in [-0.39, 0.29) is 36.1 Å². The van der Waals surface area contributed by atoms with Crippen LogP contribution in [-0.2, 0) is 11.3 Å². The maximum absolute atomic E-state index is 13.2. The Bertz CT molecular complexity index is 1350. The van der Waals surface area contributed by atoms with E-state index in [0.717, 1.165) is 11.8 Å². The van der Waals surface area contributed by atoms with Crippen LogP contribution in [0.2, 0.25) is 0 Å². The third-order valence-electron chi connectivity index (χ3n) is 5.07. The number of benzene rings is 2. The van der Waals surface area contributed by atoms with Gasteiger partial charge < -0.3 is 20.9 Å². The number of aliphatic hydroxyl groups is 1. The smallest absolute Gasteiger partial charge is 0.247 e. The number of nitrogens with zero attached hydrogens (tertiary/aromatic N) is 3. The molecule has 9 nitrogen and oxygen atoms in total. The molecule has 3 aromatic rings. The molecule has 0 saturated heterocycles. The Morgan fingerprint density at radius 2 is 2.00 bits per heavy atom. The zero-order valence-corrected chi connectivity index (χ0v) is 20.6. The number of carbonyl (C=O) groups is 2. The van der Waals surface area contributed by atoms with E-state index in [1.54, 1.807) is 68.6 Å². The summed E-state index contributed by atoms with van der Waals surface area (Å²) in [5.41, 5.74) is 7.47. The summed E-state index contributed by atoms with van der Waals surface area (Å²) in [7, 11) is 0. The highest BCUT2D eigenvalue weighted by Gasteiger charge is 2.19. The fourth-order valence-corrected chi connectivity index (χ4v) is 4.09. The number of nitrogen functional groups attached to an aromatic ring is 1. The number of rotatable bonds is 9. The average molecular weight is 504 g/mol. The van der Waals surface area contributed by atoms with E-state index in [0.29, 0.717) is 38.9 Å². The molecule has 0 fully saturated rings. The minimum atomic E-state index is -0.406. The van der Waals surface area contributed by atoms with Gasteiger partial charge in [0.25, 0.3) is 0 Å². The third-order valence-corrected chi connectivity index (χ3v) is 6.23. The zero-order valence-electron chi connectivity index (χ0n) is 19.8. The summed E-state index contributed by atoms with van der Waals surface area (Å²) < 4.78 is 5.88. The van der Waals surface area contributed by atoms with Crippen LogP contribution in [0.3, 0.4) is 0 Å². The molecule has 0 saturated carbocycles. The van der Waals surface area contributed by atoms with Gasteiger partial charge in [-0.1, -0.05) is 30.0 Å². The predicted octanol–water partition coefficient (Wildman–Crippen LogP) is 3.88. The zero-order chi connectivity index (χ0) is 26.1. The Hall–Kier alpha value is -4.20. The number of thioether (sulfide) groups is 1. The van der Waals surface area contributed by atoms with E-state index in [9.17, 15) is 14.7 Å². The molecule has 1 amide bonds. The van der Waals surface area contributed by atoms with Gasteiger partial charge in [-0.15, -0.1) is 0 Å². The Kier molecular flexibility index (Phi) is 9.16. The molecule has 0 spiro atoms. The summed E-state index contributed by atoms with van der Waals surface area (Å²) >= 11 is 0.856. The van der Waals surface area contributed by atoms with Gasteiger partial charge in [0.1, 0.15) is 23.1 Å². The van der Waals surface area contributed by atoms with Crippen molar-refractivity contribution < 1.29 is 19.4 Å². The van der Waals surface area contributed by atoms with Crippen LogP contribution in [0.15, 0.2) is 65.2 Å². The van der Waals surface area contributed by atoms with Crippen LogP contribution < -0.4 is 15.8 Å². The van der Waals surface area contributed by atoms with E-state index in [1.165, 1.54) is 0 Å². The second-order valence-corrected chi connectivity index (χ2v) is 8.73. The molecule has 1 aromatic heterocycles. The summed E-state index contributed by atoms with van der Waals surface area (Å²) in [5, 5.41) is 21.1. The summed E-state index contributed by atoms with van der Waals surface area (Å²) in [6, 6.07) is 15.3. The van der Waals surface area contributed by atoms with Crippen LogP contribution in [0.25, 0.3) is 0 Å². The number of hydrogen-bond donors (Lipinski definition) is 3. The summed E-state index contributed by atoms with van der Waals surface area (Å²) in [6.45, 7) is 3.18. The molecule has 0 unspecified atom stereocenters. The maximum atomic E-state index is 13.2. The van der Waals surface area contributed by atoms with Gasteiger partial charge >= 0.3 is 0 Å². The van der Waals surface area contributed by atoms with Crippen LogP contribution in [0.4, 0.5) is 5.82 Å². The number of hydrogen-bond acceptors (Lipinski definition) is 9. The number of aliphatic hydroxyl groups excluding tert-OH is 1. The molecule has 10 heteroatoms. The van der Waals surface area contributed by atoms with Crippen LogP contribution in [0.1, 0.15) is 40.7 Å². The maximum Gasteiger partial charge on any atom is 0.247 e. The number of nitriles is 1. The van der Waals surface area contributed by atoms with E-state index in [2.05, 4.69) is 15.3 Å². The number of anilines is 1. The van der Waals surface area contributed by atoms with Gasteiger partial charge in [-0.2, -0.15) is 5.26 Å². The largest absolute Gasteiger partial charge is 0.457 e. The average Bonchev–Trinajstić information content (AvgIpc) is 2.87. The molecule has 0 aliphatic carbocycles. The lowest BCUT2D eigenvalue weighted by atomic mass is 10.2. The Labute approximate surface area is 213 Å². The van der Waals surface area contributed by atoms with E-state index < -0.39 is 5.91 Å². The molecule has 4 N–H and O–H groups in total. The topological polar surface area (TPSA) is 151 Å². The molecule has 0 bridgehead atoms. The lowest BCUT2D eigenvalue weighted by Gasteiger charge is -2.13. The lowest BCUT2D eigenvalue weighted by Crippen LogP contribution is -2.25. The van der Waals surface area contributed by atoms with Crippen molar-refractivity contribution in [3.63, 3.8) is 0 Å². The van der Waals surface area contributed by atoms with Gasteiger partial charge in [0.05, 0.1) is 17.2 Å². The van der Waals surface area contributed by atoms with E-state index >= 15 is 0 Å². The SMILES string of the molecule is C/C(C(=O)NCc1cnc(C)nc1N)=C(\CCO)SC(=O)c1ccccc1Oc1cccc(C#N)c1. The number of para-hydroxylation sites is 1. The van der Waals surface area contributed by atoms with Crippen molar-refractivity contribution >= 4 is 28.6 Å². The normalized spacial score (nSPS) is 11.3. The molecule has 184 valence electrons. The van der Waals surface area contributed by atoms with Crippen LogP contribution in [0, 0.1) is 18.3 Å². The molecule has 1 heterocycles. The fourth-order valence-electron chi connectivity index (χ4n) is 3.15. The molecular formula is C26H25N5O4S. The van der Waals surface area contributed by atoms with Crippen LogP contribution >= 0.6 is 11.8 Å². The number of nitrogens with one attached hydrogen (secondary N) is 1. The monoisotopic (exact) mass is 503 g/mol. The number of carbonyl (C=O) groups excluding carboxylic acids is 2. The first-order valence-electron chi connectivity index (χ1n) is 11.0. The highest BCUT2D eigenvalue weighted by atomic mass is 32.2. The molecule has 3 rings (SSSR count). The van der Waals surface area contributed by atoms with Crippen molar-refractivity contribution in [2.24, 2.45) is 0 Å². The molecule has 2 aromatic carbocycles. The fraction of sp³-hybridized carbons (Fsp3) is 0.192. The highest BCUT2D eigenvalue weighted by Crippen LogP contribution is 2.33. The van der Waals surface area contributed by atoms with Gasteiger partial charge in [0.2, 0.25) is 11.0 Å². The van der Waals surface area contributed by atoms with E-state index in [4.69, 9.17) is 15.7 Å². The first-order chi connectivity index (χ1) is 17.3. The van der Waals surface area contributed by atoms with Crippen molar-refractivity contribution in [2.45, 2.75) is 26.8 Å². The molecule has 0 aliphatic rings. The van der Waals surface area contributed by atoms with Crippen LogP contribution in [-0.4, -0.2) is 32.7 Å². The first kappa shape index (κ1) is 26.4. The van der Waals surface area contributed by atoms with Crippen molar-refractivity contribution in [1.29, 1.82) is 5.26 Å². The minimum Gasteiger partial charge on any atom is -0.457 e. The summed E-state index contributed by atoms with van der Waals surface area (Å²) in [6.07, 6.45) is 1.67. The van der Waals surface area contributed by atoms with Crippen molar-refractivity contribution in [1.82, 2.24) is 15.3 Å². The number of ether oxygens (including phenoxy) is 1. The van der Waals surface area contributed by atoms with Gasteiger partial charge in [-0.25, -0.2) is 9.97 Å². The number of aryl methyl sites for hydroxylation is 1. The second kappa shape index (κ2) is 12.5. The van der Waals surface area contributed by atoms with Gasteiger partial charge in [-0.3, -0.25) is 9.59 Å². The molecule has 0 radical (unpaired) electrons. The minimum absolute atomic E-state index is 0.117. The Balaban J connectivity index is 1.77. The predicted molar refractivity (Wildman–Crippen MR) is 137 cm³/mol. The van der Waals surface area contributed by atoms with Crippen LogP contribution in [0.5, 0.6) is 11.5 Å². The highest BCUT2D eigenvalue weighted by molar-refractivity contribution is 8.17. The Morgan fingerprint density at radius 1 is 1.22 bits per heavy atom. The molecular weight excluding hydrogens is 478 g/mol. The standard InChI is InChI=1S/C26H25N5O4S/c1-16(25(33)30-15-19-14-29-17(2)31-24(19)28)23(10-11-32)36-26(34)21-8-3-4-9-22(21)35-20-7-5-6-18(12-20)13-27/h3-9,12,14,32H,10-11,15H2,1-2H3,(H,30,33)(H2,28,29,31)/b23-16-. The van der Waals surface area contributed by atoms with E-state index in [1.807, 2.05) is 6.07 Å². The van der Waals surface area contributed by atoms with Gasteiger partial charge in [0, 0.05) is 41.8 Å². The first-order valence-corrected chi connectivity index (χ1v) is 11.8. The summed E-state index contributed by atoms with van der Waals surface area (Å²) in [4.78, 5) is 34.6. The van der Waals surface area contributed by atoms with Crippen molar-refractivity contribution in [3.8, 4) is 17.6 Å². The third kappa shape index (κ3) is 6.91. The Morgan fingerprint density at radius 3 is 2.72 bits per heavy atom. The number of amides is 1. The summed E-state index contributed by atoms with van der Waals surface area (Å²) in [5.74, 6) is 1.13. The van der Waals surface area contributed by atoms with Gasteiger partial charge in [-0.05, 0) is 44.2 Å². The quantitative estimate of drug-likeness (QED) is 0.369. The number of aromatic nitrogens is 2. The molecule has 36 heavy (non-hydrogen) atoms. The van der Waals surface area contributed by atoms with Crippen molar-refractivity contribution in [3.05, 3.63) is 87.7 Å². The van der Waals surface area contributed by atoms with Gasteiger partial charge in [0.15, 0.2) is 0 Å². The van der Waals surface area contributed by atoms with Crippen molar-refractivity contribution in [2.75, 3.05) is 12.3 Å². The molecule has 0 aliphatic heterocycles. The number of nitrogens with two attached hydrogens (primary N) is 1. The lowest BCUT2D eigenvalue weighted by molar-refractivity contribution is -0.117.